The Bertz CT molecular complexity index is 1510. The highest BCUT2D eigenvalue weighted by Gasteiger charge is 2.37. The van der Waals surface area contributed by atoms with Gasteiger partial charge in [0.05, 0.1) is 11.7 Å². The number of aliphatic imine (C=N–C) groups is 1. The summed E-state index contributed by atoms with van der Waals surface area (Å²) in [6.07, 6.45) is 7.62. The smallest absolute Gasteiger partial charge is 0.128 e. The quantitative estimate of drug-likeness (QED) is 0.186. The van der Waals surface area contributed by atoms with Gasteiger partial charge in [-0.1, -0.05) is 70.0 Å². The van der Waals surface area contributed by atoms with Crippen molar-refractivity contribution in [2.24, 2.45) is 10.9 Å². The first kappa shape index (κ1) is 24.6. The maximum Gasteiger partial charge on any atom is 0.128 e. The fourth-order valence-corrected chi connectivity index (χ4v) is 5.83. The van der Waals surface area contributed by atoms with Gasteiger partial charge in [-0.15, -0.1) is 0 Å². The Labute approximate surface area is 231 Å². The minimum absolute atomic E-state index is 0.255. The Morgan fingerprint density at radius 3 is 2.63 bits per heavy atom. The van der Waals surface area contributed by atoms with E-state index in [1.54, 1.807) is 12.1 Å². The molecule has 6 rings (SSSR count). The third-order valence-corrected chi connectivity index (χ3v) is 7.90. The molecule has 0 saturated heterocycles. The first-order chi connectivity index (χ1) is 18.5. The molecular weight excluding hydrogens is 539 g/mol. The van der Waals surface area contributed by atoms with E-state index in [1.807, 2.05) is 24.4 Å². The van der Waals surface area contributed by atoms with Gasteiger partial charge in [-0.25, -0.2) is 4.39 Å². The Morgan fingerprint density at radius 1 is 1.00 bits per heavy atom. The van der Waals surface area contributed by atoms with Crippen LogP contribution >= 0.6 is 15.9 Å². The maximum absolute atomic E-state index is 13.2. The molecule has 0 fully saturated rings. The molecule has 3 atom stereocenters. The minimum atomic E-state index is -0.255. The normalized spacial score (nSPS) is 19.7. The number of allylic oxidation sites excluding steroid dienone is 2. The van der Waals surface area contributed by atoms with E-state index < -0.39 is 0 Å². The van der Waals surface area contributed by atoms with Crippen molar-refractivity contribution in [3.8, 4) is 5.75 Å². The zero-order chi connectivity index (χ0) is 26.1. The predicted octanol–water partition coefficient (Wildman–Crippen LogP) is 9.05. The van der Waals surface area contributed by atoms with E-state index in [9.17, 15) is 4.39 Å². The molecule has 190 valence electrons. The van der Waals surface area contributed by atoms with Crippen LogP contribution in [0.25, 0.3) is 0 Å². The minimum Gasteiger partial charge on any atom is -0.488 e. The van der Waals surface area contributed by atoms with E-state index in [-0.39, 0.29) is 11.9 Å². The summed E-state index contributed by atoms with van der Waals surface area (Å²) in [5.41, 5.74) is 7.88. The molecule has 0 spiro atoms. The van der Waals surface area contributed by atoms with Gasteiger partial charge in [-0.2, -0.15) is 0 Å². The Kier molecular flexibility index (Phi) is 6.86. The molecular formula is C33H28BrFN2O. The molecule has 5 heteroatoms. The molecule has 3 nitrogen and oxygen atoms in total. The van der Waals surface area contributed by atoms with Crippen LogP contribution in [-0.4, -0.2) is 6.21 Å². The summed E-state index contributed by atoms with van der Waals surface area (Å²) in [5.74, 6) is 1.44. The monoisotopic (exact) mass is 566 g/mol. The number of hydrogen-bond acceptors (Lipinski definition) is 3. The fourth-order valence-electron chi connectivity index (χ4n) is 5.45. The number of hydrogen-bond donors (Lipinski definition) is 1. The molecule has 0 bridgehead atoms. The number of nitrogens with one attached hydrogen (secondary N) is 1. The van der Waals surface area contributed by atoms with Crippen molar-refractivity contribution < 1.29 is 9.13 Å². The number of halogens is 2. The number of aryl methyl sites for hydroxylation is 1. The van der Waals surface area contributed by atoms with Gasteiger partial charge in [-0.3, -0.25) is 4.99 Å². The molecule has 38 heavy (non-hydrogen) atoms. The van der Waals surface area contributed by atoms with Gasteiger partial charge in [0.15, 0.2) is 0 Å². The van der Waals surface area contributed by atoms with Crippen molar-refractivity contribution in [1.82, 2.24) is 0 Å². The van der Waals surface area contributed by atoms with E-state index in [0.717, 1.165) is 33.5 Å². The van der Waals surface area contributed by atoms with Gasteiger partial charge in [-0.05, 0) is 84.5 Å². The van der Waals surface area contributed by atoms with Crippen LogP contribution in [0.4, 0.5) is 15.8 Å². The van der Waals surface area contributed by atoms with E-state index in [4.69, 9.17) is 9.73 Å². The first-order valence-corrected chi connectivity index (χ1v) is 13.7. The molecule has 4 aromatic rings. The largest absolute Gasteiger partial charge is 0.488 e. The summed E-state index contributed by atoms with van der Waals surface area (Å²) in [6.45, 7) is 2.51. The zero-order valence-corrected chi connectivity index (χ0v) is 22.7. The van der Waals surface area contributed by atoms with Crippen molar-refractivity contribution in [2.45, 2.75) is 31.9 Å². The fraction of sp³-hybridized carbons (Fsp3) is 0.182. The maximum atomic E-state index is 13.2. The molecule has 0 aromatic heterocycles. The highest BCUT2D eigenvalue weighted by Crippen LogP contribution is 2.50. The molecule has 1 N–H and O–H groups in total. The molecule has 0 unspecified atom stereocenters. The van der Waals surface area contributed by atoms with Crippen molar-refractivity contribution in [3.05, 3.63) is 135 Å². The summed E-state index contributed by atoms with van der Waals surface area (Å²) in [6, 6.07) is 27.7. The average Bonchev–Trinajstić information content (AvgIpc) is 3.43. The summed E-state index contributed by atoms with van der Waals surface area (Å²) < 4.78 is 20.2. The molecule has 1 aliphatic heterocycles. The summed E-state index contributed by atoms with van der Waals surface area (Å²) >= 11 is 3.55. The first-order valence-electron chi connectivity index (χ1n) is 12.9. The van der Waals surface area contributed by atoms with Crippen molar-refractivity contribution in [2.75, 3.05) is 5.32 Å². The Hall–Kier alpha value is -3.70. The van der Waals surface area contributed by atoms with E-state index in [1.165, 1.54) is 34.5 Å². The van der Waals surface area contributed by atoms with E-state index in [0.29, 0.717) is 18.4 Å². The van der Waals surface area contributed by atoms with E-state index >= 15 is 0 Å². The molecule has 2 aliphatic rings. The van der Waals surface area contributed by atoms with Crippen molar-refractivity contribution in [1.29, 1.82) is 0 Å². The van der Waals surface area contributed by atoms with Crippen molar-refractivity contribution >= 4 is 33.5 Å². The third-order valence-electron chi connectivity index (χ3n) is 7.40. The van der Waals surface area contributed by atoms with E-state index in [2.05, 4.69) is 82.8 Å². The SMILES string of the molecule is Cc1ccc2c(c1)[C@@H]1C=CC[C@@H]1[C@@H](c1ccc(N=Cc3cc(Br)ccc3OCc3ccc(F)cc3)cc1)N2. The van der Waals surface area contributed by atoms with Crippen molar-refractivity contribution in [3.63, 3.8) is 0 Å². The van der Waals surface area contributed by atoms with Crippen LogP contribution in [0.5, 0.6) is 5.75 Å². The van der Waals surface area contributed by atoms with Crippen LogP contribution in [0.1, 0.15) is 46.2 Å². The Morgan fingerprint density at radius 2 is 1.82 bits per heavy atom. The summed E-state index contributed by atoms with van der Waals surface area (Å²) in [7, 11) is 0. The van der Waals surface area contributed by atoms with Crippen LogP contribution in [0.15, 0.2) is 107 Å². The van der Waals surface area contributed by atoms with Crippen LogP contribution in [0, 0.1) is 18.7 Å². The average molecular weight is 568 g/mol. The van der Waals surface area contributed by atoms with Crippen LogP contribution in [0.2, 0.25) is 0 Å². The van der Waals surface area contributed by atoms with Gasteiger partial charge < -0.3 is 10.1 Å². The molecule has 0 saturated carbocycles. The Balaban J connectivity index is 1.19. The second-order valence-electron chi connectivity index (χ2n) is 10.0. The van der Waals surface area contributed by atoms with Gasteiger partial charge in [0, 0.05) is 27.9 Å². The summed E-state index contributed by atoms with van der Waals surface area (Å²) in [4.78, 5) is 4.74. The van der Waals surface area contributed by atoms with Gasteiger partial charge in [0.1, 0.15) is 18.2 Å². The third kappa shape index (κ3) is 5.16. The molecule has 0 radical (unpaired) electrons. The van der Waals surface area contributed by atoms with Crippen LogP contribution < -0.4 is 10.1 Å². The molecule has 1 heterocycles. The number of anilines is 1. The lowest BCUT2D eigenvalue weighted by Gasteiger charge is -2.37. The number of benzene rings is 4. The summed E-state index contributed by atoms with van der Waals surface area (Å²) in [5, 5.41) is 3.81. The topological polar surface area (TPSA) is 33.6 Å². The number of ether oxygens (including phenoxy) is 1. The zero-order valence-electron chi connectivity index (χ0n) is 21.1. The van der Waals surface area contributed by atoms with Crippen LogP contribution in [0.3, 0.4) is 0 Å². The number of rotatable bonds is 6. The molecule has 1 aliphatic carbocycles. The van der Waals surface area contributed by atoms with Gasteiger partial charge in [0.25, 0.3) is 0 Å². The lowest BCUT2D eigenvalue weighted by Crippen LogP contribution is -2.29. The second-order valence-corrected chi connectivity index (χ2v) is 10.9. The number of fused-ring (bicyclic) bond motifs is 3. The lowest BCUT2D eigenvalue weighted by molar-refractivity contribution is 0.305. The van der Waals surface area contributed by atoms with Crippen LogP contribution in [-0.2, 0) is 6.61 Å². The highest BCUT2D eigenvalue weighted by molar-refractivity contribution is 9.10. The lowest BCUT2D eigenvalue weighted by atomic mass is 9.76. The number of nitrogens with zero attached hydrogens (tertiary/aromatic N) is 1. The molecule has 0 amide bonds. The van der Waals surface area contributed by atoms with Gasteiger partial charge >= 0.3 is 0 Å². The molecule has 4 aromatic carbocycles. The predicted molar refractivity (Wildman–Crippen MR) is 156 cm³/mol. The second kappa shape index (κ2) is 10.6. The highest BCUT2D eigenvalue weighted by atomic mass is 79.9. The van der Waals surface area contributed by atoms with Gasteiger partial charge in [0.2, 0.25) is 0 Å². The standard InChI is InChI=1S/C33H28BrFN2O/c1-21-5-15-31-30(17-21)28-3-2-4-29(28)33(37-31)23-8-13-27(14-9-23)36-19-24-18-25(34)10-16-32(24)38-20-22-6-11-26(35)12-7-22/h2-3,5-19,28-29,33,37H,4,20H2,1H3/t28-,29+,33-/m1/s1.